The molecule has 3 amide bonds. The summed E-state index contributed by atoms with van der Waals surface area (Å²) in [5, 5.41) is 12.3. The van der Waals surface area contributed by atoms with Crippen molar-refractivity contribution in [1.82, 2.24) is 15.2 Å². The molecule has 2 aromatic carbocycles. The number of carbonyl (C=O) groups excluding carboxylic acids is 2. The molecule has 0 aliphatic carbocycles. The molecule has 0 spiro atoms. The summed E-state index contributed by atoms with van der Waals surface area (Å²) >= 11 is 7.20. The zero-order valence-corrected chi connectivity index (χ0v) is 20.6. The molecule has 9 heteroatoms. The van der Waals surface area contributed by atoms with Crippen LogP contribution in [0.15, 0.2) is 53.6 Å². The third-order valence-corrected chi connectivity index (χ3v) is 6.44. The Morgan fingerprint density at radius 2 is 1.94 bits per heavy atom. The van der Waals surface area contributed by atoms with Gasteiger partial charge in [-0.2, -0.15) is 5.10 Å². The molecule has 0 bridgehead atoms. The Balaban J connectivity index is 1.56. The summed E-state index contributed by atoms with van der Waals surface area (Å²) in [5.74, 6) is 0.521. The molecule has 1 aliphatic heterocycles. The number of amides is 3. The summed E-state index contributed by atoms with van der Waals surface area (Å²) in [5.41, 5.74) is 3.32. The summed E-state index contributed by atoms with van der Waals surface area (Å²) < 4.78 is 0. The number of anilines is 1. The molecular formula is C24H30ClN5O2S. The molecule has 2 N–H and O–H groups in total. The minimum Gasteiger partial charge on any atom is -0.338 e. The summed E-state index contributed by atoms with van der Waals surface area (Å²) in [6, 6.07) is 14.7. The van der Waals surface area contributed by atoms with E-state index in [1.165, 1.54) is 16.8 Å². The molecule has 3 rings (SSSR count). The van der Waals surface area contributed by atoms with E-state index in [1.54, 1.807) is 0 Å². The topological polar surface area (TPSA) is 77.0 Å². The molecule has 7 nitrogen and oxygen atoms in total. The van der Waals surface area contributed by atoms with Crippen LogP contribution < -0.4 is 10.6 Å². The predicted molar refractivity (Wildman–Crippen MR) is 137 cm³/mol. The predicted octanol–water partition coefficient (Wildman–Crippen LogP) is 5.27. The average molecular weight is 488 g/mol. The van der Waals surface area contributed by atoms with Gasteiger partial charge in [0.1, 0.15) is 0 Å². The Kier molecular flexibility index (Phi) is 9.60. The van der Waals surface area contributed by atoms with E-state index in [0.29, 0.717) is 29.6 Å². The van der Waals surface area contributed by atoms with Crippen LogP contribution in [0.1, 0.15) is 31.4 Å². The lowest BCUT2D eigenvalue weighted by atomic mass is 10.1. The zero-order chi connectivity index (χ0) is 23.6. The fourth-order valence-electron chi connectivity index (χ4n) is 3.44. The lowest BCUT2D eigenvalue weighted by Crippen LogP contribution is -2.32. The quantitative estimate of drug-likeness (QED) is 0.448. The first-order valence-electron chi connectivity index (χ1n) is 11.1. The van der Waals surface area contributed by atoms with Crippen LogP contribution in [0.25, 0.3) is 0 Å². The first kappa shape index (κ1) is 25.1. The van der Waals surface area contributed by atoms with Crippen LogP contribution in [0.2, 0.25) is 5.02 Å². The van der Waals surface area contributed by atoms with E-state index in [-0.39, 0.29) is 11.3 Å². The first-order valence-corrected chi connectivity index (χ1v) is 12.5. The normalized spacial score (nSPS) is 13.8. The van der Waals surface area contributed by atoms with Gasteiger partial charge in [0.15, 0.2) is 0 Å². The minimum atomic E-state index is -0.237. The van der Waals surface area contributed by atoms with Crippen molar-refractivity contribution >= 4 is 46.0 Å². The standard InChI is InChI=1S/C24H30ClN5O2S/c1-3-29(4-2)14-6-13-26-23(31)27-21-8-5-7-18(15-21)16-30-24(32)33-17-22(28-30)19-9-11-20(25)12-10-19/h5,7-12,15H,3-4,6,13-14,16-17H2,1-2H3,(H2,26,27,31). The fourth-order valence-corrected chi connectivity index (χ4v) is 4.31. The second-order valence-corrected chi connectivity index (χ2v) is 8.99. The smallest absolute Gasteiger partial charge is 0.319 e. The van der Waals surface area contributed by atoms with Crippen LogP contribution >= 0.6 is 23.4 Å². The summed E-state index contributed by atoms with van der Waals surface area (Å²) in [6.45, 7) is 8.20. The van der Waals surface area contributed by atoms with Gasteiger partial charge in [-0.05, 0) is 61.4 Å². The number of carbonyl (C=O) groups is 2. The van der Waals surface area contributed by atoms with E-state index in [0.717, 1.165) is 42.9 Å². The van der Waals surface area contributed by atoms with Crippen LogP contribution in [0.3, 0.4) is 0 Å². The molecular weight excluding hydrogens is 458 g/mol. The summed E-state index contributed by atoms with van der Waals surface area (Å²) in [7, 11) is 0. The third kappa shape index (κ3) is 7.77. The van der Waals surface area contributed by atoms with Crippen LogP contribution in [0, 0.1) is 0 Å². The van der Waals surface area contributed by atoms with Gasteiger partial charge in [-0.25, -0.2) is 9.80 Å². The van der Waals surface area contributed by atoms with Crippen LogP contribution in [-0.2, 0) is 6.54 Å². The minimum absolute atomic E-state index is 0.1000. The Hall–Kier alpha value is -2.55. The van der Waals surface area contributed by atoms with E-state index in [2.05, 4.69) is 34.5 Å². The van der Waals surface area contributed by atoms with Crippen molar-refractivity contribution in [3.63, 3.8) is 0 Å². The molecule has 0 radical (unpaired) electrons. The molecule has 33 heavy (non-hydrogen) atoms. The van der Waals surface area contributed by atoms with Crippen molar-refractivity contribution in [2.75, 3.05) is 37.2 Å². The van der Waals surface area contributed by atoms with Crippen LogP contribution in [0.5, 0.6) is 0 Å². The molecule has 1 heterocycles. The number of halogens is 1. The molecule has 0 unspecified atom stereocenters. The number of urea groups is 1. The average Bonchev–Trinajstić information content (AvgIpc) is 2.81. The highest BCUT2D eigenvalue weighted by Gasteiger charge is 2.22. The molecule has 176 valence electrons. The van der Waals surface area contributed by atoms with Crippen LogP contribution in [-0.4, -0.2) is 58.8 Å². The molecule has 0 saturated heterocycles. The Morgan fingerprint density at radius 3 is 2.67 bits per heavy atom. The molecule has 2 aromatic rings. The number of rotatable bonds is 10. The van der Waals surface area contributed by atoms with Crippen molar-refractivity contribution in [1.29, 1.82) is 0 Å². The number of nitrogens with zero attached hydrogens (tertiary/aromatic N) is 3. The van der Waals surface area contributed by atoms with Gasteiger partial charge in [0, 0.05) is 23.0 Å². The maximum Gasteiger partial charge on any atom is 0.319 e. The first-order chi connectivity index (χ1) is 16.0. The Bertz CT molecular complexity index is 979. The van der Waals surface area contributed by atoms with Crippen molar-refractivity contribution in [2.45, 2.75) is 26.8 Å². The summed E-state index contributed by atoms with van der Waals surface area (Å²) in [6.07, 6.45) is 0.901. The van der Waals surface area contributed by atoms with Crippen molar-refractivity contribution < 1.29 is 9.59 Å². The van der Waals surface area contributed by atoms with Gasteiger partial charge in [0.2, 0.25) is 0 Å². The van der Waals surface area contributed by atoms with Gasteiger partial charge >= 0.3 is 11.3 Å². The van der Waals surface area contributed by atoms with Crippen LogP contribution in [0.4, 0.5) is 15.3 Å². The van der Waals surface area contributed by atoms with E-state index < -0.39 is 0 Å². The maximum atomic E-state index is 12.4. The number of nitrogens with one attached hydrogen (secondary N) is 2. The molecule has 0 aromatic heterocycles. The molecule has 0 fully saturated rings. The fraction of sp³-hybridized carbons (Fsp3) is 0.375. The Labute approximate surface area is 204 Å². The highest BCUT2D eigenvalue weighted by atomic mass is 35.5. The number of hydrogen-bond acceptors (Lipinski definition) is 5. The largest absolute Gasteiger partial charge is 0.338 e. The molecule has 0 atom stereocenters. The lowest BCUT2D eigenvalue weighted by molar-refractivity contribution is 0.222. The van der Waals surface area contributed by atoms with Crippen molar-refractivity contribution in [3.8, 4) is 0 Å². The zero-order valence-electron chi connectivity index (χ0n) is 19.0. The molecule has 0 saturated carbocycles. The second kappa shape index (κ2) is 12.6. The van der Waals surface area contributed by atoms with Crippen molar-refractivity contribution in [2.24, 2.45) is 5.10 Å². The van der Waals surface area contributed by atoms with Crippen molar-refractivity contribution in [3.05, 3.63) is 64.7 Å². The monoisotopic (exact) mass is 487 g/mol. The second-order valence-electron chi connectivity index (χ2n) is 7.63. The maximum absolute atomic E-state index is 12.4. The highest BCUT2D eigenvalue weighted by molar-refractivity contribution is 8.14. The Morgan fingerprint density at radius 1 is 1.18 bits per heavy atom. The van der Waals surface area contributed by atoms with Gasteiger partial charge in [-0.3, -0.25) is 4.79 Å². The number of thioether (sulfide) groups is 1. The number of hydrogen-bond donors (Lipinski definition) is 2. The summed E-state index contributed by atoms with van der Waals surface area (Å²) in [4.78, 5) is 27.0. The number of benzene rings is 2. The van der Waals surface area contributed by atoms with E-state index in [9.17, 15) is 9.59 Å². The van der Waals surface area contributed by atoms with Gasteiger partial charge in [0.25, 0.3) is 0 Å². The molecule has 1 aliphatic rings. The van der Waals surface area contributed by atoms with Gasteiger partial charge in [-0.15, -0.1) is 0 Å². The van der Waals surface area contributed by atoms with E-state index >= 15 is 0 Å². The van der Waals surface area contributed by atoms with Gasteiger partial charge < -0.3 is 15.5 Å². The third-order valence-electron chi connectivity index (χ3n) is 5.31. The van der Waals surface area contributed by atoms with E-state index in [1.807, 2.05) is 48.5 Å². The highest BCUT2D eigenvalue weighted by Crippen LogP contribution is 2.23. The SMILES string of the molecule is CCN(CC)CCCNC(=O)Nc1cccc(CN2N=C(c3ccc(Cl)cc3)CSC2=O)c1. The number of hydrazone groups is 1. The van der Waals surface area contributed by atoms with Gasteiger partial charge in [-0.1, -0.05) is 61.5 Å². The lowest BCUT2D eigenvalue weighted by Gasteiger charge is -2.23. The van der Waals surface area contributed by atoms with Gasteiger partial charge in [0.05, 0.1) is 12.3 Å². The van der Waals surface area contributed by atoms with E-state index in [4.69, 9.17) is 11.6 Å².